The van der Waals surface area contributed by atoms with E-state index in [0.29, 0.717) is 5.92 Å². The minimum Gasteiger partial charge on any atom is -0.494 e. The molecule has 120 valence electrons. The monoisotopic (exact) mass is 320 g/mol. The summed E-state index contributed by atoms with van der Waals surface area (Å²) >= 11 is 1.74. The highest BCUT2D eigenvalue weighted by Crippen LogP contribution is 2.38. The number of aryl methyl sites for hydroxylation is 1. The third-order valence-electron chi connectivity index (χ3n) is 4.68. The van der Waals surface area contributed by atoms with Crippen LogP contribution in [0.15, 0.2) is 12.1 Å². The van der Waals surface area contributed by atoms with Gasteiger partial charge in [-0.2, -0.15) is 0 Å². The van der Waals surface area contributed by atoms with Crippen LogP contribution in [0.25, 0.3) is 10.2 Å². The van der Waals surface area contributed by atoms with Crippen LogP contribution in [0.5, 0.6) is 5.75 Å². The van der Waals surface area contributed by atoms with Gasteiger partial charge in [0.1, 0.15) is 11.3 Å². The number of hydrogen-bond donors (Lipinski definition) is 1. The lowest BCUT2D eigenvalue weighted by atomic mass is 9.83. The molecule has 4 nitrogen and oxygen atoms in total. The number of rotatable bonds is 3. The standard InChI is InChI=1S/C17H24N2O2S/c1-11-5-6-13(21-4)14-15(11)22-16(18-14)19-9-7-12(8-10-19)17(2,3)20/h5-6,12,20H,7-10H2,1-4H3. The highest BCUT2D eigenvalue weighted by Gasteiger charge is 2.31. The Kier molecular flexibility index (Phi) is 4.03. The first-order chi connectivity index (χ1) is 10.4. The molecule has 0 spiro atoms. The molecule has 22 heavy (non-hydrogen) atoms. The van der Waals surface area contributed by atoms with Crippen molar-refractivity contribution in [1.29, 1.82) is 0 Å². The van der Waals surface area contributed by atoms with E-state index in [1.54, 1.807) is 18.4 Å². The minimum atomic E-state index is -0.584. The van der Waals surface area contributed by atoms with Crippen molar-refractivity contribution >= 4 is 26.7 Å². The highest BCUT2D eigenvalue weighted by molar-refractivity contribution is 7.22. The molecule has 0 bridgehead atoms. The number of aliphatic hydroxyl groups is 1. The molecule has 1 aromatic carbocycles. The van der Waals surface area contributed by atoms with E-state index in [4.69, 9.17) is 9.72 Å². The van der Waals surface area contributed by atoms with Gasteiger partial charge in [-0.15, -0.1) is 0 Å². The van der Waals surface area contributed by atoms with E-state index in [9.17, 15) is 5.11 Å². The van der Waals surface area contributed by atoms with Gasteiger partial charge < -0.3 is 14.7 Å². The zero-order valence-corrected chi connectivity index (χ0v) is 14.5. The summed E-state index contributed by atoms with van der Waals surface area (Å²) in [5.74, 6) is 1.21. The molecule has 2 aromatic rings. The molecule has 0 saturated carbocycles. The second-order valence-electron chi connectivity index (χ2n) is 6.67. The Balaban J connectivity index is 1.85. The molecule has 1 fully saturated rings. The summed E-state index contributed by atoms with van der Waals surface area (Å²) < 4.78 is 6.64. The van der Waals surface area contributed by atoms with Crippen LogP contribution in [0.2, 0.25) is 0 Å². The van der Waals surface area contributed by atoms with Crippen molar-refractivity contribution in [3.63, 3.8) is 0 Å². The van der Waals surface area contributed by atoms with Gasteiger partial charge in [-0.1, -0.05) is 17.4 Å². The number of benzene rings is 1. The first-order valence-corrected chi connectivity index (χ1v) is 8.63. The van der Waals surface area contributed by atoms with Gasteiger partial charge in [-0.3, -0.25) is 0 Å². The number of thiazole rings is 1. The molecule has 1 aliphatic heterocycles. The van der Waals surface area contributed by atoms with E-state index in [1.165, 1.54) is 10.3 Å². The largest absolute Gasteiger partial charge is 0.494 e. The summed E-state index contributed by atoms with van der Waals surface area (Å²) in [6, 6.07) is 4.07. The Morgan fingerprint density at radius 3 is 2.59 bits per heavy atom. The molecule has 0 atom stereocenters. The molecule has 5 heteroatoms. The summed E-state index contributed by atoms with van der Waals surface area (Å²) in [4.78, 5) is 7.15. The topological polar surface area (TPSA) is 45.6 Å². The Hall–Kier alpha value is -1.33. The van der Waals surface area contributed by atoms with Crippen molar-refractivity contribution in [2.75, 3.05) is 25.1 Å². The maximum atomic E-state index is 10.2. The van der Waals surface area contributed by atoms with E-state index in [2.05, 4.69) is 17.9 Å². The number of ether oxygens (including phenoxy) is 1. The second kappa shape index (κ2) is 5.70. The Labute approximate surface area is 135 Å². The fourth-order valence-electron chi connectivity index (χ4n) is 3.18. The van der Waals surface area contributed by atoms with E-state index in [-0.39, 0.29) is 0 Å². The smallest absolute Gasteiger partial charge is 0.186 e. The molecule has 1 aromatic heterocycles. The SMILES string of the molecule is COc1ccc(C)c2sc(N3CCC(C(C)(C)O)CC3)nc12. The highest BCUT2D eigenvalue weighted by atomic mass is 32.1. The third-order valence-corrected chi connectivity index (χ3v) is 5.93. The lowest BCUT2D eigenvalue weighted by molar-refractivity contribution is 0.00651. The lowest BCUT2D eigenvalue weighted by Crippen LogP contribution is -2.41. The van der Waals surface area contributed by atoms with Crippen molar-refractivity contribution in [3.05, 3.63) is 17.7 Å². The van der Waals surface area contributed by atoms with Crippen LogP contribution in [0.4, 0.5) is 5.13 Å². The van der Waals surface area contributed by atoms with Crippen LogP contribution in [0.1, 0.15) is 32.3 Å². The number of nitrogens with zero attached hydrogens (tertiary/aromatic N) is 2. The molecular formula is C17H24N2O2S. The van der Waals surface area contributed by atoms with Crippen LogP contribution in [-0.2, 0) is 0 Å². The lowest BCUT2D eigenvalue weighted by Gasteiger charge is -2.37. The molecule has 3 rings (SSSR count). The van der Waals surface area contributed by atoms with E-state index in [1.807, 2.05) is 19.9 Å². The second-order valence-corrected chi connectivity index (χ2v) is 7.65. The van der Waals surface area contributed by atoms with Crippen molar-refractivity contribution < 1.29 is 9.84 Å². The maximum Gasteiger partial charge on any atom is 0.186 e. The van der Waals surface area contributed by atoms with Crippen LogP contribution in [0.3, 0.4) is 0 Å². The summed E-state index contributed by atoms with van der Waals surface area (Å²) in [5, 5.41) is 11.2. The predicted molar refractivity (Wildman–Crippen MR) is 92.1 cm³/mol. The van der Waals surface area contributed by atoms with Crippen molar-refractivity contribution in [3.8, 4) is 5.75 Å². The quantitative estimate of drug-likeness (QED) is 0.938. The number of aromatic nitrogens is 1. The summed E-state index contributed by atoms with van der Waals surface area (Å²) in [5.41, 5.74) is 1.62. The average molecular weight is 320 g/mol. The molecule has 1 aliphatic rings. The Morgan fingerprint density at radius 1 is 1.32 bits per heavy atom. The number of methoxy groups -OCH3 is 1. The summed E-state index contributed by atoms with van der Waals surface area (Å²) in [7, 11) is 1.69. The molecule has 0 aliphatic carbocycles. The zero-order valence-electron chi connectivity index (χ0n) is 13.7. The number of hydrogen-bond acceptors (Lipinski definition) is 5. The normalized spacial score (nSPS) is 17.2. The molecule has 0 amide bonds. The van der Waals surface area contributed by atoms with Gasteiger partial charge in [-0.05, 0) is 51.2 Å². The average Bonchev–Trinajstić information content (AvgIpc) is 2.93. The zero-order chi connectivity index (χ0) is 15.9. The van der Waals surface area contributed by atoms with E-state index < -0.39 is 5.60 Å². The van der Waals surface area contributed by atoms with Crippen LogP contribution >= 0.6 is 11.3 Å². The van der Waals surface area contributed by atoms with Crippen LogP contribution < -0.4 is 9.64 Å². The summed E-state index contributed by atoms with van der Waals surface area (Å²) in [6.45, 7) is 7.86. The van der Waals surface area contributed by atoms with E-state index >= 15 is 0 Å². The van der Waals surface area contributed by atoms with Crippen LogP contribution in [-0.4, -0.2) is 35.9 Å². The molecular weight excluding hydrogens is 296 g/mol. The third kappa shape index (κ3) is 2.79. The fourth-order valence-corrected chi connectivity index (χ4v) is 4.28. The molecule has 1 N–H and O–H groups in total. The van der Waals surface area contributed by atoms with Gasteiger partial charge in [0.25, 0.3) is 0 Å². The predicted octanol–water partition coefficient (Wildman–Crippen LogP) is 3.60. The van der Waals surface area contributed by atoms with Crippen molar-refractivity contribution in [2.24, 2.45) is 5.92 Å². The summed E-state index contributed by atoms with van der Waals surface area (Å²) in [6.07, 6.45) is 2.02. The maximum absolute atomic E-state index is 10.2. The molecule has 0 radical (unpaired) electrons. The molecule has 2 heterocycles. The van der Waals surface area contributed by atoms with Gasteiger partial charge >= 0.3 is 0 Å². The van der Waals surface area contributed by atoms with Gasteiger partial charge in [0.05, 0.1) is 17.4 Å². The first-order valence-electron chi connectivity index (χ1n) is 7.81. The molecule has 1 saturated heterocycles. The van der Waals surface area contributed by atoms with Gasteiger partial charge in [0.15, 0.2) is 5.13 Å². The number of anilines is 1. The molecule has 0 unspecified atom stereocenters. The minimum absolute atomic E-state index is 0.370. The Bertz CT molecular complexity index is 667. The van der Waals surface area contributed by atoms with Crippen LogP contribution in [0, 0.1) is 12.8 Å². The van der Waals surface area contributed by atoms with E-state index in [0.717, 1.165) is 42.3 Å². The first kappa shape index (κ1) is 15.6. The fraction of sp³-hybridized carbons (Fsp3) is 0.588. The number of fused-ring (bicyclic) bond motifs is 1. The number of piperidine rings is 1. The van der Waals surface area contributed by atoms with Gasteiger partial charge in [0, 0.05) is 13.1 Å². The van der Waals surface area contributed by atoms with Gasteiger partial charge in [-0.25, -0.2) is 4.98 Å². The Morgan fingerprint density at radius 2 is 2.00 bits per heavy atom. The van der Waals surface area contributed by atoms with Crippen molar-refractivity contribution in [1.82, 2.24) is 4.98 Å². The van der Waals surface area contributed by atoms with Crippen molar-refractivity contribution in [2.45, 2.75) is 39.2 Å². The van der Waals surface area contributed by atoms with Gasteiger partial charge in [0.2, 0.25) is 0 Å².